The molecule has 0 spiro atoms. The van der Waals surface area contributed by atoms with Gasteiger partial charge in [-0.1, -0.05) is 36.8 Å². The molecule has 2 rings (SSSR count). The molecule has 0 atom stereocenters. The monoisotopic (exact) mass is 298 g/mol. The summed E-state index contributed by atoms with van der Waals surface area (Å²) in [5.41, 5.74) is 0.760. The summed E-state index contributed by atoms with van der Waals surface area (Å²) in [7, 11) is 1.57. The summed E-state index contributed by atoms with van der Waals surface area (Å²) < 4.78 is 6.09. The summed E-state index contributed by atoms with van der Waals surface area (Å²) in [6.07, 6.45) is 0.486. The van der Waals surface area contributed by atoms with Crippen LogP contribution in [0.5, 0.6) is 5.75 Å². The van der Waals surface area contributed by atoms with E-state index in [1.54, 1.807) is 13.2 Å². The molecule has 0 bridgehead atoms. The molecule has 0 aliphatic rings. The Balaban J connectivity index is 2.24. The summed E-state index contributed by atoms with van der Waals surface area (Å²) in [5.74, 6) is 0.911. The second kappa shape index (κ2) is 5.75. The van der Waals surface area contributed by atoms with Crippen molar-refractivity contribution in [2.75, 3.05) is 12.4 Å². The van der Waals surface area contributed by atoms with E-state index in [1.807, 2.05) is 19.9 Å². The Bertz CT molecular complexity index is 610. The molecule has 2 aromatic rings. The molecule has 1 aromatic heterocycles. The van der Waals surface area contributed by atoms with E-state index in [2.05, 4.69) is 10.3 Å². The van der Waals surface area contributed by atoms with Crippen molar-refractivity contribution in [1.29, 1.82) is 0 Å². The van der Waals surface area contributed by atoms with Gasteiger partial charge in [0.2, 0.25) is 5.91 Å². The maximum absolute atomic E-state index is 11.7. The minimum absolute atomic E-state index is 0.0212. The maximum Gasteiger partial charge on any atom is 0.226 e. The number of fused-ring (bicyclic) bond motifs is 1. The maximum atomic E-state index is 11.7. The van der Waals surface area contributed by atoms with Gasteiger partial charge in [-0.2, -0.15) is 0 Å². The number of carbonyl (C=O) groups excluding carboxylic acids is 1. The molecule has 0 aliphatic heterocycles. The van der Waals surface area contributed by atoms with Crippen molar-refractivity contribution in [3.05, 3.63) is 17.2 Å². The Morgan fingerprint density at radius 1 is 1.53 bits per heavy atom. The van der Waals surface area contributed by atoms with Gasteiger partial charge in [0.15, 0.2) is 5.13 Å². The number of rotatable bonds is 4. The van der Waals surface area contributed by atoms with Crippen molar-refractivity contribution < 1.29 is 9.53 Å². The van der Waals surface area contributed by atoms with Gasteiger partial charge in [0.1, 0.15) is 5.75 Å². The number of carbonyl (C=O) groups is 1. The highest BCUT2D eigenvalue weighted by Gasteiger charge is 2.11. The molecule has 1 heterocycles. The normalized spacial score (nSPS) is 11.0. The Kier molecular flexibility index (Phi) is 4.27. The number of methoxy groups -OCH3 is 1. The topological polar surface area (TPSA) is 51.2 Å². The number of hydrogen-bond acceptors (Lipinski definition) is 4. The van der Waals surface area contributed by atoms with Gasteiger partial charge in [0.05, 0.1) is 22.3 Å². The highest BCUT2D eigenvalue weighted by atomic mass is 35.5. The largest absolute Gasteiger partial charge is 0.495 e. The standard InChI is InChI=1S/C13H15ClN2O2S/c1-7(2)4-12(17)16-13-15-9-5-8(14)10(18-3)6-11(9)19-13/h5-7H,4H2,1-3H3,(H,15,16,17). The van der Waals surface area contributed by atoms with Crippen molar-refractivity contribution >= 4 is 44.2 Å². The lowest BCUT2D eigenvalue weighted by atomic mass is 10.1. The van der Waals surface area contributed by atoms with E-state index >= 15 is 0 Å². The first kappa shape index (κ1) is 14.1. The van der Waals surface area contributed by atoms with Crippen molar-refractivity contribution in [1.82, 2.24) is 4.98 Å². The molecule has 1 amide bonds. The first-order valence-corrected chi connectivity index (χ1v) is 7.13. The van der Waals surface area contributed by atoms with Crippen LogP contribution >= 0.6 is 22.9 Å². The van der Waals surface area contributed by atoms with Crippen LogP contribution in [0.1, 0.15) is 20.3 Å². The number of nitrogens with zero attached hydrogens (tertiary/aromatic N) is 1. The zero-order valence-electron chi connectivity index (χ0n) is 11.0. The average Bonchev–Trinajstić information content (AvgIpc) is 2.67. The first-order valence-electron chi connectivity index (χ1n) is 5.93. The lowest BCUT2D eigenvalue weighted by Gasteiger charge is -2.03. The van der Waals surface area contributed by atoms with E-state index in [9.17, 15) is 4.79 Å². The fourth-order valence-electron chi connectivity index (χ4n) is 1.68. The number of aromatic nitrogens is 1. The molecule has 6 heteroatoms. The van der Waals surface area contributed by atoms with E-state index in [0.29, 0.717) is 28.2 Å². The van der Waals surface area contributed by atoms with Crippen LogP contribution in [0.25, 0.3) is 10.2 Å². The van der Waals surface area contributed by atoms with Crippen LogP contribution in [0, 0.1) is 5.92 Å². The number of nitrogens with one attached hydrogen (secondary N) is 1. The minimum Gasteiger partial charge on any atom is -0.495 e. The molecule has 19 heavy (non-hydrogen) atoms. The number of anilines is 1. The minimum atomic E-state index is -0.0212. The lowest BCUT2D eigenvalue weighted by molar-refractivity contribution is -0.116. The second-order valence-corrected chi connectivity index (χ2v) is 6.06. The number of halogens is 1. The molecule has 1 aromatic carbocycles. The summed E-state index contributed by atoms with van der Waals surface area (Å²) >= 11 is 7.45. The molecule has 1 N–H and O–H groups in total. The van der Waals surface area contributed by atoms with E-state index in [1.165, 1.54) is 11.3 Å². The quantitative estimate of drug-likeness (QED) is 0.930. The highest BCUT2D eigenvalue weighted by Crippen LogP contribution is 2.34. The Morgan fingerprint density at radius 3 is 2.89 bits per heavy atom. The van der Waals surface area contributed by atoms with Gasteiger partial charge in [0, 0.05) is 12.5 Å². The molecule has 0 saturated heterocycles. The molecule has 0 radical (unpaired) electrons. The molecule has 0 fully saturated rings. The molecule has 0 unspecified atom stereocenters. The van der Waals surface area contributed by atoms with Crippen LogP contribution in [0.4, 0.5) is 5.13 Å². The number of thiazole rings is 1. The van der Waals surface area contributed by atoms with Crippen LogP contribution in [0.2, 0.25) is 5.02 Å². The Morgan fingerprint density at radius 2 is 2.26 bits per heavy atom. The van der Waals surface area contributed by atoms with Crippen LogP contribution in [-0.2, 0) is 4.79 Å². The van der Waals surface area contributed by atoms with Crippen molar-refractivity contribution in [3.63, 3.8) is 0 Å². The molecule has 0 aliphatic carbocycles. The number of amides is 1. The number of ether oxygens (including phenoxy) is 1. The van der Waals surface area contributed by atoms with Crippen molar-refractivity contribution in [2.24, 2.45) is 5.92 Å². The van der Waals surface area contributed by atoms with E-state index < -0.39 is 0 Å². The van der Waals surface area contributed by atoms with Crippen LogP contribution in [0.15, 0.2) is 12.1 Å². The molecular weight excluding hydrogens is 284 g/mol. The van der Waals surface area contributed by atoms with Gasteiger partial charge in [-0.25, -0.2) is 4.98 Å². The predicted molar refractivity (Wildman–Crippen MR) is 79.3 cm³/mol. The predicted octanol–water partition coefficient (Wildman–Crippen LogP) is 3.94. The summed E-state index contributed by atoms with van der Waals surface area (Å²) in [5, 5.41) is 3.91. The Labute approximate surface area is 120 Å². The smallest absolute Gasteiger partial charge is 0.226 e. The summed E-state index contributed by atoms with van der Waals surface area (Å²) in [4.78, 5) is 16.0. The van der Waals surface area contributed by atoms with Gasteiger partial charge in [-0.3, -0.25) is 4.79 Å². The third-order valence-corrected chi connectivity index (χ3v) is 3.73. The molecule has 4 nitrogen and oxygen atoms in total. The summed E-state index contributed by atoms with van der Waals surface area (Å²) in [6, 6.07) is 3.57. The molecule has 0 saturated carbocycles. The number of benzene rings is 1. The third-order valence-electron chi connectivity index (χ3n) is 2.50. The summed E-state index contributed by atoms with van der Waals surface area (Å²) in [6.45, 7) is 4.01. The lowest BCUT2D eigenvalue weighted by Crippen LogP contribution is -2.13. The van der Waals surface area contributed by atoms with Gasteiger partial charge < -0.3 is 10.1 Å². The molecular formula is C13H15ClN2O2S. The van der Waals surface area contributed by atoms with Crippen LogP contribution in [0.3, 0.4) is 0 Å². The third kappa shape index (κ3) is 3.36. The second-order valence-electron chi connectivity index (χ2n) is 4.62. The Hall–Kier alpha value is -1.33. The van der Waals surface area contributed by atoms with Gasteiger partial charge in [-0.05, 0) is 12.0 Å². The van der Waals surface area contributed by atoms with Gasteiger partial charge in [0.25, 0.3) is 0 Å². The highest BCUT2D eigenvalue weighted by molar-refractivity contribution is 7.22. The van der Waals surface area contributed by atoms with Gasteiger partial charge in [-0.15, -0.1) is 0 Å². The van der Waals surface area contributed by atoms with Crippen LogP contribution < -0.4 is 10.1 Å². The zero-order valence-corrected chi connectivity index (χ0v) is 12.6. The van der Waals surface area contributed by atoms with E-state index in [-0.39, 0.29) is 5.91 Å². The first-order chi connectivity index (χ1) is 8.99. The fraction of sp³-hybridized carbons (Fsp3) is 0.385. The fourth-order valence-corrected chi connectivity index (χ4v) is 2.81. The number of hydrogen-bond donors (Lipinski definition) is 1. The van der Waals surface area contributed by atoms with Crippen molar-refractivity contribution in [3.8, 4) is 5.75 Å². The van der Waals surface area contributed by atoms with Crippen LogP contribution in [-0.4, -0.2) is 18.0 Å². The van der Waals surface area contributed by atoms with Crippen molar-refractivity contribution in [2.45, 2.75) is 20.3 Å². The van der Waals surface area contributed by atoms with E-state index in [0.717, 1.165) is 10.2 Å². The molecule has 102 valence electrons. The zero-order chi connectivity index (χ0) is 14.0. The SMILES string of the molecule is COc1cc2sc(NC(=O)CC(C)C)nc2cc1Cl. The average molecular weight is 299 g/mol. The van der Waals surface area contributed by atoms with E-state index in [4.69, 9.17) is 16.3 Å². The van der Waals surface area contributed by atoms with Gasteiger partial charge >= 0.3 is 0 Å².